The van der Waals surface area contributed by atoms with Crippen LogP contribution in [0.5, 0.6) is 0 Å². The molecule has 0 aliphatic rings. The molecule has 0 aliphatic heterocycles. The fraction of sp³-hybridized carbons (Fsp3) is 0.273. The van der Waals surface area contributed by atoms with Crippen molar-refractivity contribution < 1.29 is 9.59 Å². The summed E-state index contributed by atoms with van der Waals surface area (Å²) in [4.78, 5) is 23.8. The first kappa shape index (κ1) is 14.1. The summed E-state index contributed by atoms with van der Waals surface area (Å²) >= 11 is 5.90. The van der Waals surface area contributed by atoms with E-state index in [-0.39, 0.29) is 16.4 Å². The number of hydrogen-bond acceptors (Lipinski definition) is 4. The third-order valence-corrected chi connectivity index (χ3v) is 2.90. The fourth-order valence-corrected chi connectivity index (χ4v) is 1.97. The van der Waals surface area contributed by atoms with Crippen molar-refractivity contribution in [2.45, 2.75) is 0 Å². The Labute approximate surface area is 119 Å². The zero-order valence-corrected chi connectivity index (χ0v) is 11.9. The van der Waals surface area contributed by atoms with Gasteiger partial charge in [-0.1, -0.05) is 11.6 Å². The lowest BCUT2D eigenvalue weighted by Crippen LogP contribution is -2.22. The maximum Gasteiger partial charge on any atom is 0.275 e. The molecule has 2 aromatic rings. The van der Waals surface area contributed by atoms with Crippen molar-refractivity contribution in [3.05, 3.63) is 28.8 Å². The Morgan fingerprint density at radius 1 is 1.30 bits per heavy atom. The van der Waals surface area contributed by atoms with Gasteiger partial charge in [0.25, 0.3) is 11.8 Å². The van der Waals surface area contributed by atoms with Gasteiger partial charge in [-0.25, -0.2) is 0 Å². The number of aromatic nitrogens is 4. The summed E-state index contributed by atoms with van der Waals surface area (Å²) in [6.07, 6.45) is 2.91. The molecule has 0 unspecified atom stereocenters. The first-order valence-corrected chi connectivity index (χ1v) is 6.06. The average Bonchev–Trinajstić information content (AvgIpc) is 2.91. The van der Waals surface area contributed by atoms with Gasteiger partial charge in [-0.2, -0.15) is 10.2 Å². The lowest BCUT2D eigenvalue weighted by atomic mass is 10.3. The van der Waals surface area contributed by atoms with Crippen molar-refractivity contribution in [3.8, 4) is 0 Å². The average molecular weight is 297 g/mol. The molecule has 0 saturated heterocycles. The van der Waals surface area contributed by atoms with E-state index in [0.717, 1.165) is 0 Å². The van der Waals surface area contributed by atoms with E-state index in [1.54, 1.807) is 14.1 Å². The highest BCUT2D eigenvalue weighted by Gasteiger charge is 2.20. The van der Waals surface area contributed by atoms with Crippen molar-refractivity contribution in [2.24, 2.45) is 14.1 Å². The zero-order chi connectivity index (χ0) is 14.9. The van der Waals surface area contributed by atoms with E-state index in [9.17, 15) is 9.59 Å². The number of anilines is 1. The molecule has 0 aromatic carbocycles. The third kappa shape index (κ3) is 2.50. The summed E-state index contributed by atoms with van der Waals surface area (Å²) in [5, 5.41) is 13.2. The summed E-state index contributed by atoms with van der Waals surface area (Å²) < 4.78 is 2.79. The fourth-order valence-electron chi connectivity index (χ4n) is 1.71. The third-order valence-electron chi connectivity index (χ3n) is 2.63. The van der Waals surface area contributed by atoms with Gasteiger partial charge in [0.05, 0.1) is 16.9 Å². The van der Waals surface area contributed by atoms with E-state index in [1.165, 1.54) is 28.8 Å². The van der Waals surface area contributed by atoms with Gasteiger partial charge in [0.1, 0.15) is 5.69 Å². The van der Waals surface area contributed by atoms with Gasteiger partial charge in [-0.3, -0.25) is 19.0 Å². The zero-order valence-electron chi connectivity index (χ0n) is 11.1. The highest BCUT2D eigenvalue weighted by Crippen LogP contribution is 2.18. The van der Waals surface area contributed by atoms with E-state index >= 15 is 0 Å². The monoisotopic (exact) mass is 296 g/mol. The maximum atomic E-state index is 12.2. The van der Waals surface area contributed by atoms with Crippen LogP contribution in [-0.4, -0.2) is 38.4 Å². The Balaban J connectivity index is 2.31. The molecular weight excluding hydrogens is 284 g/mol. The van der Waals surface area contributed by atoms with E-state index < -0.39 is 11.8 Å². The number of aryl methyl sites for hydroxylation is 2. The minimum Gasteiger partial charge on any atom is -0.354 e. The number of hydrogen-bond donors (Lipinski definition) is 2. The second-order valence-corrected chi connectivity index (χ2v) is 4.47. The van der Waals surface area contributed by atoms with Crippen LogP contribution in [0.15, 0.2) is 12.4 Å². The van der Waals surface area contributed by atoms with E-state index in [1.807, 2.05) is 0 Å². The molecule has 2 amide bonds. The second-order valence-electron chi connectivity index (χ2n) is 4.06. The van der Waals surface area contributed by atoms with Crippen LogP contribution in [0.3, 0.4) is 0 Å². The van der Waals surface area contributed by atoms with Crippen LogP contribution in [0.2, 0.25) is 5.02 Å². The number of nitrogens with zero attached hydrogens (tertiary/aromatic N) is 4. The first-order chi connectivity index (χ1) is 9.43. The van der Waals surface area contributed by atoms with Gasteiger partial charge in [0.2, 0.25) is 0 Å². The molecule has 0 bridgehead atoms. The van der Waals surface area contributed by atoms with Gasteiger partial charge < -0.3 is 10.6 Å². The van der Waals surface area contributed by atoms with Gasteiger partial charge in [0, 0.05) is 27.3 Å². The molecule has 8 nitrogen and oxygen atoms in total. The molecule has 2 aromatic heterocycles. The normalized spacial score (nSPS) is 10.4. The van der Waals surface area contributed by atoms with Crippen molar-refractivity contribution in [1.82, 2.24) is 24.9 Å². The summed E-state index contributed by atoms with van der Waals surface area (Å²) in [6.45, 7) is 0. The van der Waals surface area contributed by atoms with Crippen LogP contribution in [0.4, 0.5) is 5.69 Å². The highest BCUT2D eigenvalue weighted by atomic mass is 35.5. The predicted molar refractivity (Wildman–Crippen MR) is 72.8 cm³/mol. The molecule has 0 fully saturated rings. The Hall–Kier alpha value is -2.35. The summed E-state index contributed by atoms with van der Waals surface area (Å²) in [6, 6.07) is 0. The van der Waals surface area contributed by atoms with Crippen LogP contribution in [0.25, 0.3) is 0 Å². The maximum absolute atomic E-state index is 12.2. The molecular formula is C11H13ClN6O2. The predicted octanol–water partition coefficient (Wildman–Crippen LogP) is 0.419. The minimum atomic E-state index is -0.465. The van der Waals surface area contributed by atoms with Gasteiger partial charge >= 0.3 is 0 Å². The largest absolute Gasteiger partial charge is 0.354 e. The minimum absolute atomic E-state index is 0.127. The molecule has 20 heavy (non-hydrogen) atoms. The van der Waals surface area contributed by atoms with Crippen molar-refractivity contribution in [1.29, 1.82) is 0 Å². The number of halogens is 1. The Morgan fingerprint density at radius 3 is 2.55 bits per heavy atom. The quantitative estimate of drug-likeness (QED) is 0.858. The summed E-state index contributed by atoms with van der Waals surface area (Å²) in [5.41, 5.74) is 0.633. The topological polar surface area (TPSA) is 93.8 Å². The number of carbonyl (C=O) groups is 2. The summed E-state index contributed by atoms with van der Waals surface area (Å²) in [7, 11) is 4.74. The van der Waals surface area contributed by atoms with Crippen molar-refractivity contribution in [3.63, 3.8) is 0 Å². The Morgan fingerprint density at radius 2 is 2.00 bits per heavy atom. The van der Waals surface area contributed by atoms with Crippen LogP contribution in [0.1, 0.15) is 21.0 Å². The molecule has 2 N–H and O–H groups in total. The second kappa shape index (κ2) is 5.33. The number of amides is 2. The van der Waals surface area contributed by atoms with Crippen molar-refractivity contribution in [2.75, 3.05) is 12.4 Å². The standard InChI is InChI=1S/C11H13ClN6O2/c1-13-10(19)8-7(5-17(2)16-8)15-11(20)9-6(12)4-14-18(9)3/h4-5H,1-3H3,(H,13,19)(H,15,20). The van der Waals surface area contributed by atoms with Gasteiger partial charge in [-0.05, 0) is 0 Å². The van der Waals surface area contributed by atoms with Crippen LogP contribution < -0.4 is 10.6 Å². The van der Waals surface area contributed by atoms with Crippen LogP contribution >= 0.6 is 11.6 Å². The molecule has 106 valence electrons. The molecule has 0 atom stereocenters. The Kier molecular flexibility index (Phi) is 3.75. The highest BCUT2D eigenvalue weighted by molar-refractivity contribution is 6.34. The smallest absolute Gasteiger partial charge is 0.275 e. The van der Waals surface area contributed by atoms with Gasteiger partial charge in [-0.15, -0.1) is 0 Å². The van der Waals surface area contributed by atoms with E-state index in [0.29, 0.717) is 5.69 Å². The van der Waals surface area contributed by atoms with Crippen molar-refractivity contribution >= 4 is 29.1 Å². The first-order valence-electron chi connectivity index (χ1n) is 5.68. The van der Waals surface area contributed by atoms with Crippen LogP contribution in [0, 0.1) is 0 Å². The van der Waals surface area contributed by atoms with Crippen LogP contribution in [-0.2, 0) is 14.1 Å². The molecule has 0 radical (unpaired) electrons. The van der Waals surface area contributed by atoms with Gasteiger partial charge in [0.15, 0.2) is 5.69 Å². The lowest BCUT2D eigenvalue weighted by Gasteiger charge is -2.05. The Bertz CT molecular complexity index is 655. The number of rotatable bonds is 3. The number of nitrogens with one attached hydrogen (secondary N) is 2. The molecule has 2 heterocycles. The SMILES string of the molecule is CNC(=O)c1nn(C)cc1NC(=O)c1c(Cl)cnn1C. The molecule has 2 rings (SSSR count). The molecule has 0 spiro atoms. The van der Waals surface area contributed by atoms with E-state index in [4.69, 9.17) is 11.6 Å². The summed E-state index contributed by atoms with van der Waals surface area (Å²) in [5.74, 6) is -0.856. The molecule has 0 aliphatic carbocycles. The lowest BCUT2D eigenvalue weighted by molar-refractivity contribution is 0.0958. The number of carbonyl (C=O) groups excluding carboxylic acids is 2. The molecule has 0 saturated carbocycles. The van der Waals surface area contributed by atoms with E-state index in [2.05, 4.69) is 20.8 Å². The molecule has 9 heteroatoms.